The Morgan fingerprint density at radius 3 is 2.88 bits per heavy atom. The summed E-state index contributed by atoms with van der Waals surface area (Å²) in [5, 5.41) is 11.6. The zero-order valence-corrected chi connectivity index (χ0v) is 9.14. The molecule has 5 nitrogen and oxygen atoms in total. The molecule has 0 saturated carbocycles. The molecule has 1 N–H and O–H groups in total. The fourth-order valence-corrected chi connectivity index (χ4v) is 1.75. The van der Waals surface area contributed by atoms with Crippen LogP contribution in [0.2, 0.25) is 0 Å². The number of benzene rings is 1. The van der Waals surface area contributed by atoms with Gasteiger partial charge in [-0.3, -0.25) is 9.59 Å². The largest absolute Gasteiger partial charge is 0.353 e. The van der Waals surface area contributed by atoms with E-state index in [1.165, 1.54) is 4.90 Å². The van der Waals surface area contributed by atoms with Gasteiger partial charge in [0.1, 0.15) is 0 Å². The summed E-state index contributed by atoms with van der Waals surface area (Å²) in [6, 6.07) is 8.59. The third kappa shape index (κ3) is 2.26. The molecule has 0 radical (unpaired) electrons. The summed E-state index contributed by atoms with van der Waals surface area (Å²) in [6.07, 6.45) is 0. The summed E-state index contributed by atoms with van der Waals surface area (Å²) in [7, 11) is 0. The molecule has 2 amide bonds. The van der Waals surface area contributed by atoms with E-state index in [1.807, 2.05) is 6.07 Å². The van der Waals surface area contributed by atoms with E-state index in [-0.39, 0.29) is 18.4 Å². The Bertz CT molecular complexity index is 505. The van der Waals surface area contributed by atoms with E-state index < -0.39 is 0 Å². The first-order valence-electron chi connectivity index (χ1n) is 5.27. The number of amides is 2. The molecule has 5 heteroatoms. The lowest BCUT2D eigenvalue weighted by Gasteiger charge is -2.26. The third-order valence-corrected chi connectivity index (χ3v) is 2.60. The van der Waals surface area contributed by atoms with Crippen molar-refractivity contribution in [3.63, 3.8) is 0 Å². The van der Waals surface area contributed by atoms with Crippen LogP contribution in [0.1, 0.15) is 15.9 Å². The molecule has 0 atom stereocenters. The second-order valence-electron chi connectivity index (χ2n) is 3.73. The number of hydrogen-bond acceptors (Lipinski definition) is 3. The Kier molecular flexibility index (Phi) is 3.06. The standard InChI is InChI=1S/C12H11N3O2/c13-7-9-3-1-2-4-10(9)12(17)15-6-5-14-11(16)8-15/h1-4H,5-6,8H2,(H,14,16). The molecule has 86 valence electrons. The van der Waals surface area contributed by atoms with Crippen LogP contribution in [0, 0.1) is 11.3 Å². The quantitative estimate of drug-likeness (QED) is 0.744. The van der Waals surface area contributed by atoms with Gasteiger partial charge < -0.3 is 10.2 Å². The van der Waals surface area contributed by atoms with Crippen molar-refractivity contribution in [1.29, 1.82) is 5.26 Å². The highest BCUT2D eigenvalue weighted by molar-refractivity contribution is 5.98. The molecule has 2 rings (SSSR count). The monoisotopic (exact) mass is 229 g/mol. The molecule has 0 bridgehead atoms. The Morgan fingerprint density at radius 2 is 2.18 bits per heavy atom. The van der Waals surface area contributed by atoms with Crippen LogP contribution < -0.4 is 5.32 Å². The maximum Gasteiger partial charge on any atom is 0.255 e. The molecule has 17 heavy (non-hydrogen) atoms. The minimum absolute atomic E-state index is 0.0542. The maximum absolute atomic E-state index is 12.1. The number of nitriles is 1. The van der Waals surface area contributed by atoms with Crippen LogP contribution in [0.25, 0.3) is 0 Å². The summed E-state index contributed by atoms with van der Waals surface area (Å²) in [5.41, 5.74) is 0.688. The lowest BCUT2D eigenvalue weighted by Crippen LogP contribution is -2.50. The average Bonchev–Trinajstić information content (AvgIpc) is 2.38. The summed E-state index contributed by atoms with van der Waals surface area (Å²) in [6.45, 7) is 0.988. The first-order valence-corrected chi connectivity index (χ1v) is 5.27. The van der Waals surface area contributed by atoms with E-state index in [2.05, 4.69) is 5.32 Å². The lowest BCUT2D eigenvalue weighted by atomic mass is 10.1. The molecule has 0 aromatic heterocycles. The van der Waals surface area contributed by atoms with Crippen molar-refractivity contribution in [3.05, 3.63) is 35.4 Å². The third-order valence-electron chi connectivity index (χ3n) is 2.60. The van der Waals surface area contributed by atoms with E-state index in [1.54, 1.807) is 24.3 Å². The van der Waals surface area contributed by atoms with Gasteiger partial charge in [0.05, 0.1) is 23.7 Å². The molecule has 1 aliphatic rings. The molecule has 1 fully saturated rings. The van der Waals surface area contributed by atoms with Crippen molar-refractivity contribution in [1.82, 2.24) is 10.2 Å². The highest BCUT2D eigenvalue weighted by Gasteiger charge is 2.23. The van der Waals surface area contributed by atoms with Crippen LogP contribution >= 0.6 is 0 Å². The number of carbonyl (C=O) groups excluding carboxylic acids is 2. The molecular weight excluding hydrogens is 218 g/mol. The van der Waals surface area contributed by atoms with Crippen LogP contribution in [0.15, 0.2) is 24.3 Å². The number of hydrogen-bond donors (Lipinski definition) is 1. The van der Waals surface area contributed by atoms with Crippen molar-refractivity contribution in [2.24, 2.45) is 0 Å². The van der Waals surface area contributed by atoms with Gasteiger partial charge in [0, 0.05) is 13.1 Å². The van der Waals surface area contributed by atoms with Gasteiger partial charge in [-0.2, -0.15) is 5.26 Å². The number of piperazine rings is 1. The van der Waals surface area contributed by atoms with Gasteiger partial charge in [-0.25, -0.2) is 0 Å². The lowest BCUT2D eigenvalue weighted by molar-refractivity contribution is -0.123. The molecule has 1 aromatic carbocycles. The van der Waals surface area contributed by atoms with Crippen LogP contribution in [-0.2, 0) is 4.79 Å². The number of rotatable bonds is 1. The van der Waals surface area contributed by atoms with Crippen LogP contribution in [0.4, 0.5) is 0 Å². The molecule has 1 aliphatic heterocycles. The van der Waals surface area contributed by atoms with Crippen molar-refractivity contribution in [2.45, 2.75) is 0 Å². The van der Waals surface area contributed by atoms with E-state index in [4.69, 9.17) is 5.26 Å². The van der Waals surface area contributed by atoms with Gasteiger partial charge >= 0.3 is 0 Å². The first-order chi connectivity index (χ1) is 8.22. The molecule has 1 heterocycles. The predicted octanol–water partition coefficient (Wildman–Crippen LogP) is 0.130. The molecule has 0 aliphatic carbocycles. The maximum atomic E-state index is 12.1. The Balaban J connectivity index is 2.25. The average molecular weight is 229 g/mol. The van der Waals surface area contributed by atoms with Gasteiger partial charge in [0.15, 0.2) is 0 Å². The molecule has 0 unspecified atom stereocenters. The Morgan fingerprint density at radius 1 is 1.41 bits per heavy atom. The summed E-state index contributed by atoms with van der Waals surface area (Å²) >= 11 is 0. The molecule has 0 spiro atoms. The smallest absolute Gasteiger partial charge is 0.255 e. The van der Waals surface area contributed by atoms with Crippen molar-refractivity contribution in [3.8, 4) is 6.07 Å². The van der Waals surface area contributed by atoms with Gasteiger partial charge in [-0.1, -0.05) is 12.1 Å². The van der Waals surface area contributed by atoms with Crippen molar-refractivity contribution < 1.29 is 9.59 Å². The fraction of sp³-hybridized carbons (Fsp3) is 0.250. The molecule has 1 aromatic rings. The second kappa shape index (κ2) is 4.66. The fourth-order valence-electron chi connectivity index (χ4n) is 1.75. The van der Waals surface area contributed by atoms with Crippen LogP contribution in [0.3, 0.4) is 0 Å². The van der Waals surface area contributed by atoms with Gasteiger partial charge in [-0.15, -0.1) is 0 Å². The van der Waals surface area contributed by atoms with E-state index >= 15 is 0 Å². The van der Waals surface area contributed by atoms with Crippen molar-refractivity contribution in [2.75, 3.05) is 19.6 Å². The minimum atomic E-state index is -0.267. The summed E-state index contributed by atoms with van der Waals surface area (Å²) in [5.74, 6) is -0.434. The zero-order chi connectivity index (χ0) is 12.3. The van der Waals surface area contributed by atoms with E-state index in [0.29, 0.717) is 24.2 Å². The number of carbonyl (C=O) groups is 2. The van der Waals surface area contributed by atoms with Crippen molar-refractivity contribution >= 4 is 11.8 Å². The number of nitrogens with zero attached hydrogens (tertiary/aromatic N) is 2. The van der Waals surface area contributed by atoms with E-state index in [9.17, 15) is 9.59 Å². The zero-order valence-electron chi connectivity index (χ0n) is 9.14. The first kappa shape index (κ1) is 11.1. The number of nitrogens with one attached hydrogen (secondary N) is 1. The Hall–Kier alpha value is -2.35. The summed E-state index contributed by atoms with van der Waals surface area (Å²) < 4.78 is 0. The van der Waals surface area contributed by atoms with Crippen LogP contribution in [0.5, 0.6) is 0 Å². The highest BCUT2D eigenvalue weighted by Crippen LogP contribution is 2.11. The molecular formula is C12H11N3O2. The van der Waals surface area contributed by atoms with Gasteiger partial charge in [0.25, 0.3) is 5.91 Å². The van der Waals surface area contributed by atoms with Crippen LogP contribution in [-0.4, -0.2) is 36.3 Å². The Labute approximate surface area is 98.6 Å². The minimum Gasteiger partial charge on any atom is -0.353 e. The topological polar surface area (TPSA) is 73.2 Å². The predicted molar refractivity (Wildman–Crippen MR) is 60.1 cm³/mol. The normalized spacial score (nSPS) is 15.0. The highest BCUT2D eigenvalue weighted by atomic mass is 16.2. The van der Waals surface area contributed by atoms with Gasteiger partial charge in [0.2, 0.25) is 5.91 Å². The summed E-state index contributed by atoms with van der Waals surface area (Å²) in [4.78, 5) is 24.8. The van der Waals surface area contributed by atoms with Gasteiger partial charge in [-0.05, 0) is 12.1 Å². The van der Waals surface area contributed by atoms with E-state index in [0.717, 1.165) is 0 Å². The SMILES string of the molecule is N#Cc1ccccc1C(=O)N1CCNC(=O)C1. The second-order valence-corrected chi connectivity index (χ2v) is 3.73. The molecule has 1 saturated heterocycles.